The molecule has 1 aliphatic rings. The highest BCUT2D eigenvalue weighted by Gasteiger charge is 2.47. The Morgan fingerprint density at radius 1 is 0.758 bits per heavy atom. The Morgan fingerprint density at radius 3 is 1.55 bits per heavy atom. The van der Waals surface area contributed by atoms with Crippen molar-refractivity contribution in [2.24, 2.45) is 0 Å². The van der Waals surface area contributed by atoms with E-state index in [-0.39, 0.29) is 13.2 Å². The lowest BCUT2D eigenvalue weighted by Gasteiger charge is -2.25. The first kappa shape index (κ1) is 25.3. The largest absolute Gasteiger partial charge is 0.388 e. The molecule has 2 aromatic rings. The van der Waals surface area contributed by atoms with Crippen LogP contribution in [0.5, 0.6) is 0 Å². The number of rotatable bonds is 12. The molecule has 0 unspecified atom stereocenters. The maximum atomic E-state index is 10.6. The third-order valence-electron chi connectivity index (χ3n) is 5.15. The zero-order valence-electron chi connectivity index (χ0n) is 19.2. The van der Waals surface area contributed by atoms with E-state index in [1.54, 1.807) is 13.8 Å². The van der Waals surface area contributed by atoms with Gasteiger partial charge in [-0.05, 0) is 25.0 Å². The molecule has 0 aromatic heterocycles. The van der Waals surface area contributed by atoms with E-state index in [1.165, 1.54) is 0 Å². The molecule has 1 fully saturated rings. The number of hydrogen-bond acceptors (Lipinski definition) is 6. The SMILES string of the molecule is CC1(C)O[C@H]([C@H](O)COCC=Cc2ccccc2)[C@@H]([C@H](O)COCC=Cc2ccccc2)O1. The summed E-state index contributed by atoms with van der Waals surface area (Å²) in [5.41, 5.74) is 2.16. The maximum absolute atomic E-state index is 10.6. The summed E-state index contributed by atoms with van der Waals surface area (Å²) in [5, 5.41) is 21.3. The van der Waals surface area contributed by atoms with Crippen molar-refractivity contribution >= 4 is 12.2 Å². The summed E-state index contributed by atoms with van der Waals surface area (Å²) in [6.45, 7) is 4.35. The summed E-state index contributed by atoms with van der Waals surface area (Å²) in [7, 11) is 0. The molecule has 1 saturated heterocycles. The first-order chi connectivity index (χ1) is 15.9. The van der Waals surface area contributed by atoms with Gasteiger partial charge < -0.3 is 29.2 Å². The van der Waals surface area contributed by atoms with Crippen molar-refractivity contribution in [1.82, 2.24) is 0 Å². The van der Waals surface area contributed by atoms with Crippen LogP contribution in [-0.2, 0) is 18.9 Å². The van der Waals surface area contributed by atoms with Crippen molar-refractivity contribution in [3.63, 3.8) is 0 Å². The molecule has 0 bridgehead atoms. The molecule has 2 N–H and O–H groups in total. The molecule has 0 aliphatic carbocycles. The number of benzene rings is 2. The van der Waals surface area contributed by atoms with Crippen LogP contribution in [0, 0.1) is 0 Å². The van der Waals surface area contributed by atoms with Gasteiger partial charge in [0.25, 0.3) is 0 Å². The van der Waals surface area contributed by atoms with Crippen molar-refractivity contribution < 1.29 is 29.2 Å². The van der Waals surface area contributed by atoms with Crippen molar-refractivity contribution in [3.05, 3.63) is 83.9 Å². The van der Waals surface area contributed by atoms with E-state index >= 15 is 0 Å². The number of hydrogen-bond donors (Lipinski definition) is 2. The lowest BCUT2D eigenvalue weighted by atomic mass is 10.0. The number of ether oxygens (including phenoxy) is 4. The molecular weight excluding hydrogens is 420 g/mol. The second-order valence-electron chi connectivity index (χ2n) is 8.40. The van der Waals surface area contributed by atoms with Crippen molar-refractivity contribution in [2.45, 2.75) is 44.1 Å². The number of aliphatic hydroxyl groups is 2. The van der Waals surface area contributed by atoms with Crippen molar-refractivity contribution in [2.75, 3.05) is 26.4 Å². The quantitative estimate of drug-likeness (QED) is 0.477. The third-order valence-corrected chi connectivity index (χ3v) is 5.15. The smallest absolute Gasteiger partial charge is 0.164 e. The average Bonchev–Trinajstić information content (AvgIpc) is 3.15. The fourth-order valence-corrected chi connectivity index (χ4v) is 3.61. The van der Waals surface area contributed by atoms with Crippen molar-refractivity contribution in [1.29, 1.82) is 0 Å². The monoisotopic (exact) mass is 454 g/mol. The fraction of sp³-hybridized carbons (Fsp3) is 0.407. The Hall–Kier alpha value is -2.32. The second kappa shape index (κ2) is 12.8. The van der Waals surface area contributed by atoms with Gasteiger partial charge in [-0.1, -0.05) is 85.0 Å². The van der Waals surface area contributed by atoms with Gasteiger partial charge in [-0.25, -0.2) is 0 Å². The van der Waals surface area contributed by atoms with Gasteiger partial charge in [-0.2, -0.15) is 0 Å². The summed E-state index contributed by atoms with van der Waals surface area (Å²) < 4.78 is 22.9. The van der Waals surface area contributed by atoms with Gasteiger partial charge in [0.15, 0.2) is 5.79 Å². The van der Waals surface area contributed by atoms with Gasteiger partial charge >= 0.3 is 0 Å². The van der Waals surface area contributed by atoms with Crippen LogP contribution in [0.25, 0.3) is 12.2 Å². The van der Waals surface area contributed by atoms with E-state index < -0.39 is 30.2 Å². The van der Waals surface area contributed by atoms with Gasteiger partial charge in [0.2, 0.25) is 0 Å². The van der Waals surface area contributed by atoms with E-state index in [9.17, 15) is 10.2 Å². The Bertz CT molecular complexity index is 793. The lowest BCUT2D eigenvalue weighted by molar-refractivity contribution is -0.164. The van der Waals surface area contributed by atoms with E-state index in [0.29, 0.717) is 13.2 Å². The zero-order chi connectivity index (χ0) is 23.5. The molecule has 1 aliphatic heterocycles. The van der Waals surface area contributed by atoms with Crippen LogP contribution >= 0.6 is 0 Å². The standard InChI is InChI=1S/C27H34O6/c1-27(2)32-25(23(28)19-30-17-9-15-21-11-5-3-6-12-21)26(33-27)24(29)20-31-18-10-16-22-13-7-4-8-14-22/h3-16,23-26,28-29H,17-20H2,1-2H3/t23-,24-,25-,26-/m1/s1. The van der Waals surface area contributed by atoms with Crippen molar-refractivity contribution in [3.8, 4) is 0 Å². The Balaban J connectivity index is 1.43. The number of aliphatic hydroxyl groups excluding tert-OH is 2. The second-order valence-corrected chi connectivity index (χ2v) is 8.40. The van der Waals surface area contributed by atoms with E-state index in [2.05, 4.69) is 0 Å². The van der Waals surface area contributed by atoms with Crippen LogP contribution in [0.15, 0.2) is 72.8 Å². The maximum Gasteiger partial charge on any atom is 0.164 e. The van der Waals surface area contributed by atoms with Crippen LogP contribution in [0.3, 0.4) is 0 Å². The highest BCUT2D eigenvalue weighted by molar-refractivity contribution is 5.49. The van der Waals surface area contributed by atoms with E-state index in [4.69, 9.17) is 18.9 Å². The summed E-state index contributed by atoms with van der Waals surface area (Å²) >= 11 is 0. The molecule has 6 nitrogen and oxygen atoms in total. The fourth-order valence-electron chi connectivity index (χ4n) is 3.61. The van der Waals surface area contributed by atoms with Crippen LogP contribution in [-0.4, -0.2) is 66.8 Å². The van der Waals surface area contributed by atoms with Crippen LogP contribution in [0.1, 0.15) is 25.0 Å². The van der Waals surface area contributed by atoms with Crippen LogP contribution < -0.4 is 0 Å². The minimum atomic E-state index is -0.950. The molecule has 6 heteroatoms. The van der Waals surface area contributed by atoms with Gasteiger partial charge in [-0.15, -0.1) is 0 Å². The van der Waals surface area contributed by atoms with Gasteiger partial charge in [-0.3, -0.25) is 0 Å². The predicted molar refractivity (Wildman–Crippen MR) is 128 cm³/mol. The third kappa shape index (κ3) is 8.51. The predicted octanol–water partition coefficient (Wildman–Crippen LogP) is 3.69. The summed E-state index contributed by atoms with van der Waals surface area (Å²) in [6, 6.07) is 19.8. The molecule has 0 radical (unpaired) electrons. The van der Waals surface area contributed by atoms with E-state index in [0.717, 1.165) is 11.1 Å². The van der Waals surface area contributed by atoms with E-state index in [1.807, 2.05) is 85.0 Å². The summed E-state index contributed by atoms with van der Waals surface area (Å²) in [6.07, 6.45) is 4.35. The molecular formula is C27H34O6. The molecule has 0 amide bonds. The van der Waals surface area contributed by atoms with Gasteiger partial charge in [0.05, 0.1) is 26.4 Å². The Morgan fingerprint density at radius 2 is 1.15 bits per heavy atom. The molecule has 4 atom stereocenters. The molecule has 1 heterocycles. The molecule has 2 aromatic carbocycles. The molecule has 0 saturated carbocycles. The minimum Gasteiger partial charge on any atom is -0.388 e. The molecule has 178 valence electrons. The lowest BCUT2D eigenvalue weighted by Crippen LogP contribution is -2.45. The van der Waals surface area contributed by atoms with Crippen LogP contribution in [0.2, 0.25) is 0 Å². The topological polar surface area (TPSA) is 77.4 Å². The highest BCUT2D eigenvalue weighted by Crippen LogP contribution is 2.32. The first-order valence-corrected chi connectivity index (χ1v) is 11.2. The van der Waals surface area contributed by atoms with Gasteiger partial charge in [0, 0.05) is 0 Å². The normalized spacial score (nSPS) is 22.2. The van der Waals surface area contributed by atoms with Crippen LogP contribution in [0.4, 0.5) is 0 Å². The average molecular weight is 455 g/mol. The Labute approximate surface area is 196 Å². The summed E-state index contributed by atoms with van der Waals surface area (Å²) in [5.74, 6) is -0.919. The zero-order valence-corrected chi connectivity index (χ0v) is 19.2. The molecule has 33 heavy (non-hydrogen) atoms. The summed E-state index contributed by atoms with van der Waals surface area (Å²) in [4.78, 5) is 0. The van der Waals surface area contributed by atoms with Gasteiger partial charge in [0.1, 0.15) is 24.4 Å². The Kier molecular flexibility index (Phi) is 9.81. The highest BCUT2D eigenvalue weighted by atomic mass is 16.8. The minimum absolute atomic E-state index is 0.0626. The molecule has 3 rings (SSSR count). The molecule has 0 spiro atoms. The first-order valence-electron chi connectivity index (χ1n) is 11.2.